The Kier molecular flexibility index (Phi) is 7.07. The van der Waals surface area contributed by atoms with E-state index in [4.69, 9.17) is 0 Å². The molecule has 1 aromatic heterocycles. The van der Waals surface area contributed by atoms with Gasteiger partial charge in [-0.05, 0) is 49.8 Å². The number of rotatable bonds is 6. The van der Waals surface area contributed by atoms with Gasteiger partial charge < -0.3 is 10.2 Å². The molecule has 0 spiro atoms. The molecule has 2 aliphatic carbocycles. The Morgan fingerprint density at radius 3 is 2.16 bits per heavy atom. The monoisotopic (exact) mass is 657 g/mol. The number of amides is 2. The lowest BCUT2D eigenvalue weighted by atomic mass is 10.0. The maximum absolute atomic E-state index is 14.2. The van der Waals surface area contributed by atoms with Gasteiger partial charge in [-0.25, -0.2) is 8.42 Å². The topological polar surface area (TPSA) is 136 Å². The molecular weight excluding hydrogens is 637 g/mol. The van der Waals surface area contributed by atoms with Crippen LogP contribution in [0, 0.1) is 16.7 Å². The predicted molar refractivity (Wildman–Crippen MR) is 129 cm³/mol. The number of hydrogen-bond acceptors (Lipinski definition) is 6. The molecule has 2 N–H and O–H groups in total. The SMILES string of the molecule is N#CC1(NC(=O)[C@@H]2C[C@@H](S(=O)(=O)c3ccc(-c4cn[nH]c4C(F)(F)F)cc3C(F)(F)F)CN2C(=O)C2(C(F)(F)F)CC2)CC1. The largest absolute Gasteiger partial charge is 0.433 e. The van der Waals surface area contributed by atoms with Crippen molar-refractivity contribution in [2.75, 3.05) is 6.54 Å². The van der Waals surface area contributed by atoms with Gasteiger partial charge >= 0.3 is 18.5 Å². The number of likely N-dealkylation sites (tertiary alicyclic amines) is 1. The molecule has 0 unspecified atom stereocenters. The summed E-state index contributed by atoms with van der Waals surface area (Å²) in [6.07, 6.45) is -16.8. The van der Waals surface area contributed by atoms with Crippen LogP contribution in [0.25, 0.3) is 11.1 Å². The van der Waals surface area contributed by atoms with Crippen molar-refractivity contribution in [2.45, 2.75) is 72.4 Å². The van der Waals surface area contributed by atoms with Gasteiger partial charge in [0.05, 0.1) is 28.0 Å². The molecule has 1 aliphatic heterocycles. The molecule has 2 saturated carbocycles. The van der Waals surface area contributed by atoms with E-state index in [1.54, 1.807) is 11.2 Å². The number of nitriles is 1. The number of alkyl halides is 9. The van der Waals surface area contributed by atoms with E-state index in [1.807, 2.05) is 0 Å². The van der Waals surface area contributed by atoms with Crippen molar-refractivity contribution in [3.8, 4) is 17.2 Å². The van der Waals surface area contributed by atoms with Gasteiger partial charge in [0.25, 0.3) is 0 Å². The van der Waals surface area contributed by atoms with Crippen LogP contribution in [-0.4, -0.2) is 64.9 Å². The van der Waals surface area contributed by atoms with Crippen LogP contribution in [0.15, 0.2) is 29.3 Å². The number of carbonyl (C=O) groups excluding carboxylic acids is 2. The molecule has 0 bridgehead atoms. The van der Waals surface area contributed by atoms with E-state index in [2.05, 4.69) is 10.4 Å². The Hall–Kier alpha value is -3.82. The maximum Gasteiger partial charge on any atom is 0.433 e. The zero-order chi connectivity index (χ0) is 32.7. The fraction of sp³-hybridized carbons (Fsp3) is 0.520. The van der Waals surface area contributed by atoms with Crippen LogP contribution in [0.5, 0.6) is 0 Å². The summed E-state index contributed by atoms with van der Waals surface area (Å²) in [7, 11) is -5.19. The predicted octanol–water partition coefficient (Wildman–Crippen LogP) is 4.37. The van der Waals surface area contributed by atoms with Gasteiger partial charge in [-0.2, -0.15) is 49.9 Å². The maximum atomic E-state index is 14.2. The number of aromatic nitrogens is 2. The standard InChI is InChI=1S/C25H20F9N5O4S/c26-23(27,28)15-7-12(14-9-36-38-18(14)24(29,30)31)1-2-17(15)44(42,43)13-8-16(19(40)37-21(11-35)3-4-21)39(10-13)20(41)22(5-6-22)25(32,33)34/h1-2,7,9,13,16H,3-6,8,10H2,(H,36,38)(H,37,40)/t13-,16+/m1/s1. The molecule has 1 saturated heterocycles. The Bertz CT molecular complexity index is 1670. The fourth-order valence-electron chi connectivity index (χ4n) is 5.29. The summed E-state index contributed by atoms with van der Waals surface area (Å²) in [6.45, 7) is -1.07. The van der Waals surface area contributed by atoms with Crippen molar-refractivity contribution >= 4 is 21.7 Å². The van der Waals surface area contributed by atoms with Crippen molar-refractivity contribution < 1.29 is 57.5 Å². The molecule has 238 valence electrons. The van der Waals surface area contributed by atoms with Crippen molar-refractivity contribution in [1.29, 1.82) is 5.26 Å². The first-order valence-electron chi connectivity index (χ1n) is 12.8. The van der Waals surface area contributed by atoms with Crippen LogP contribution in [-0.2, 0) is 31.8 Å². The van der Waals surface area contributed by atoms with E-state index < -0.39 is 116 Å². The van der Waals surface area contributed by atoms with Crippen LogP contribution in [0.4, 0.5) is 39.5 Å². The minimum Gasteiger partial charge on any atom is -0.336 e. The second kappa shape index (κ2) is 9.84. The number of sulfone groups is 1. The van der Waals surface area contributed by atoms with Crippen LogP contribution in [0.1, 0.15) is 43.4 Å². The minimum absolute atomic E-state index is 0.168. The van der Waals surface area contributed by atoms with E-state index >= 15 is 0 Å². The van der Waals surface area contributed by atoms with E-state index in [0.29, 0.717) is 23.2 Å². The Labute approximate surface area is 242 Å². The van der Waals surface area contributed by atoms with Crippen LogP contribution < -0.4 is 5.32 Å². The van der Waals surface area contributed by atoms with Gasteiger partial charge in [0.2, 0.25) is 11.8 Å². The van der Waals surface area contributed by atoms with Gasteiger partial charge in [0.15, 0.2) is 9.84 Å². The quantitative estimate of drug-likeness (QED) is 0.443. The average molecular weight is 658 g/mol. The molecule has 9 nitrogen and oxygen atoms in total. The summed E-state index contributed by atoms with van der Waals surface area (Å²) in [5.41, 5.74) is -9.13. The van der Waals surface area contributed by atoms with Gasteiger partial charge in [0.1, 0.15) is 22.7 Å². The normalized spacial score (nSPS) is 22.8. The highest BCUT2D eigenvalue weighted by Gasteiger charge is 2.70. The number of halogens is 9. The highest BCUT2D eigenvalue weighted by Crippen LogP contribution is 2.59. The second-order valence-corrected chi connectivity index (χ2v) is 13.2. The van der Waals surface area contributed by atoms with Gasteiger partial charge in [-0.1, -0.05) is 6.07 Å². The first-order valence-corrected chi connectivity index (χ1v) is 14.4. The van der Waals surface area contributed by atoms with Crippen molar-refractivity contribution in [1.82, 2.24) is 20.4 Å². The molecule has 44 heavy (non-hydrogen) atoms. The Morgan fingerprint density at radius 1 is 1.02 bits per heavy atom. The molecule has 1 aromatic carbocycles. The Morgan fingerprint density at radius 2 is 1.66 bits per heavy atom. The first kappa shape index (κ1) is 31.6. The minimum atomic E-state index is -5.44. The zero-order valence-corrected chi connectivity index (χ0v) is 22.8. The molecular formula is C25H20F9N5O4S. The smallest absolute Gasteiger partial charge is 0.336 e. The third-order valence-corrected chi connectivity index (χ3v) is 10.3. The highest BCUT2D eigenvalue weighted by atomic mass is 32.2. The van der Waals surface area contributed by atoms with E-state index in [9.17, 15) is 62.8 Å². The summed E-state index contributed by atoms with van der Waals surface area (Å²) >= 11 is 0. The zero-order valence-electron chi connectivity index (χ0n) is 22.0. The number of hydrogen-bond donors (Lipinski definition) is 2. The molecule has 2 atom stereocenters. The lowest BCUT2D eigenvalue weighted by Gasteiger charge is -2.29. The molecule has 2 heterocycles. The number of carbonyl (C=O) groups is 2. The Balaban J connectivity index is 1.54. The van der Waals surface area contributed by atoms with Gasteiger partial charge in [-0.3, -0.25) is 14.7 Å². The van der Waals surface area contributed by atoms with E-state index in [0.717, 1.165) is 0 Å². The summed E-state index contributed by atoms with van der Waals surface area (Å²) < 4.78 is 151. The number of nitrogens with zero attached hydrogens (tertiary/aromatic N) is 3. The molecule has 3 fully saturated rings. The third kappa shape index (κ3) is 5.26. The second-order valence-electron chi connectivity index (χ2n) is 11.0. The first-order chi connectivity index (χ1) is 20.2. The van der Waals surface area contributed by atoms with Gasteiger partial charge in [-0.15, -0.1) is 0 Å². The average Bonchev–Trinajstić information content (AvgIpc) is 3.78. The van der Waals surface area contributed by atoms with Gasteiger partial charge in [0, 0.05) is 12.1 Å². The number of benzene rings is 1. The number of aromatic amines is 1. The van der Waals surface area contributed by atoms with Crippen molar-refractivity contribution in [2.24, 2.45) is 5.41 Å². The molecule has 19 heteroatoms. The van der Waals surface area contributed by atoms with E-state index in [1.165, 1.54) is 0 Å². The highest BCUT2D eigenvalue weighted by molar-refractivity contribution is 7.92. The lowest BCUT2D eigenvalue weighted by molar-refractivity contribution is -0.199. The van der Waals surface area contributed by atoms with Crippen molar-refractivity contribution in [3.05, 3.63) is 35.7 Å². The van der Waals surface area contributed by atoms with Crippen molar-refractivity contribution in [3.63, 3.8) is 0 Å². The lowest BCUT2D eigenvalue weighted by Crippen LogP contribution is -2.53. The fourth-order valence-corrected chi connectivity index (χ4v) is 7.18. The summed E-state index contributed by atoms with van der Waals surface area (Å²) in [4.78, 5) is 25.2. The van der Waals surface area contributed by atoms with E-state index in [-0.39, 0.29) is 18.9 Å². The van der Waals surface area contributed by atoms with Crippen LogP contribution >= 0.6 is 0 Å². The number of nitrogens with one attached hydrogen (secondary N) is 2. The molecule has 5 rings (SSSR count). The van der Waals surface area contributed by atoms with Crippen LogP contribution in [0.3, 0.4) is 0 Å². The molecule has 2 aromatic rings. The molecule has 3 aliphatic rings. The van der Waals surface area contributed by atoms with Crippen LogP contribution in [0.2, 0.25) is 0 Å². The summed E-state index contributed by atoms with van der Waals surface area (Å²) in [6, 6.07) is 1.20. The molecule has 2 amide bonds. The number of H-pyrrole nitrogens is 1. The summed E-state index contributed by atoms with van der Waals surface area (Å²) in [5, 5.41) is 14.4. The molecule has 0 radical (unpaired) electrons. The third-order valence-electron chi connectivity index (χ3n) is 8.12. The summed E-state index contributed by atoms with van der Waals surface area (Å²) in [5.74, 6) is -2.75.